The van der Waals surface area contributed by atoms with Crippen molar-refractivity contribution in [2.75, 3.05) is 5.32 Å². The maximum atomic E-state index is 12.4. The van der Waals surface area contributed by atoms with Crippen LogP contribution in [0, 0.1) is 13.8 Å². The summed E-state index contributed by atoms with van der Waals surface area (Å²) in [7, 11) is 0. The first-order valence-corrected chi connectivity index (χ1v) is 10.3. The van der Waals surface area contributed by atoms with Gasteiger partial charge in [0.25, 0.3) is 5.91 Å². The predicted molar refractivity (Wildman–Crippen MR) is 125 cm³/mol. The summed E-state index contributed by atoms with van der Waals surface area (Å²) < 4.78 is 6.65. The Labute approximate surface area is 186 Å². The molecule has 30 heavy (non-hydrogen) atoms. The van der Waals surface area contributed by atoms with Crippen LogP contribution in [-0.2, 0) is 0 Å². The lowest BCUT2D eigenvalue weighted by Gasteiger charge is -2.10. The third-order valence-electron chi connectivity index (χ3n) is 4.59. The normalized spacial score (nSPS) is 10.8. The number of pyridine rings is 1. The second-order valence-corrected chi connectivity index (χ2v) is 8.12. The summed E-state index contributed by atoms with van der Waals surface area (Å²) in [5, 5.41) is 5.92. The minimum Gasteiger partial charge on any atom is -0.436 e. The number of rotatable bonds is 3. The molecule has 2 aromatic carbocycles. The number of hydrogen-bond donors (Lipinski definition) is 2. The molecule has 0 fully saturated rings. The Morgan fingerprint density at radius 2 is 1.90 bits per heavy atom. The van der Waals surface area contributed by atoms with Crippen molar-refractivity contribution in [1.29, 1.82) is 0 Å². The van der Waals surface area contributed by atoms with Crippen LogP contribution in [0.15, 0.2) is 63.7 Å². The van der Waals surface area contributed by atoms with Crippen LogP contribution < -0.4 is 10.6 Å². The summed E-state index contributed by atoms with van der Waals surface area (Å²) in [6.45, 7) is 3.97. The second kappa shape index (κ2) is 8.33. The van der Waals surface area contributed by atoms with Gasteiger partial charge >= 0.3 is 0 Å². The lowest BCUT2D eigenvalue weighted by molar-refractivity contribution is 0.0977. The van der Waals surface area contributed by atoms with Crippen molar-refractivity contribution >= 4 is 56.0 Å². The summed E-state index contributed by atoms with van der Waals surface area (Å²) >= 11 is 8.68. The Morgan fingerprint density at radius 1 is 1.07 bits per heavy atom. The molecule has 0 atom stereocenters. The summed E-state index contributed by atoms with van der Waals surface area (Å²) in [6, 6.07) is 12.8. The minimum absolute atomic E-state index is 0.206. The van der Waals surface area contributed by atoms with Gasteiger partial charge in [-0.25, -0.2) is 4.98 Å². The molecule has 1 amide bonds. The number of carbonyl (C=O) groups excluding carboxylic acids is 1. The average molecular weight is 481 g/mol. The lowest BCUT2D eigenvalue weighted by Crippen LogP contribution is -2.34. The largest absolute Gasteiger partial charge is 0.436 e. The van der Waals surface area contributed by atoms with E-state index in [1.54, 1.807) is 24.5 Å². The molecule has 2 heterocycles. The first-order chi connectivity index (χ1) is 14.4. The van der Waals surface area contributed by atoms with Crippen molar-refractivity contribution in [3.8, 4) is 11.5 Å². The van der Waals surface area contributed by atoms with E-state index < -0.39 is 0 Å². The van der Waals surface area contributed by atoms with Gasteiger partial charge in [0.15, 0.2) is 10.7 Å². The fourth-order valence-electron chi connectivity index (χ4n) is 2.88. The van der Waals surface area contributed by atoms with Crippen molar-refractivity contribution in [3.63, 3.8) is 0 Å². The minimum atomic E-state index is -0.262. The SMILES string of the molecule is Cc1ccc(C(=O)NC(=S)Nc2ccc3oc(-c4cncc(Br)c4)nc3c2)cc1C. The van der Waals surface area contributed by atoms with E-state index in [-0.39, 0.29) is 11.0 Å². The molecule has 0 aliphatic carbocycles. The summed E-state index contributed by atoms with van der Waals surface area (Å²) in [6.07, 6.45) is 3.38. The Balaban J connectivity index is 1.48. The summed E-state index contributed by atoms with van der Waals surface area (Å²) in [5.74, 6) is 0.212. The number of carbonyl (C=O) groups is 1. The van der Waals surface area contributed by atoms with E-state index in [4.69, 9.17) is 16.6 Å². The smallest absolute Gasteiger partial charge is 0.257 e. The third kappa shape index (κ3) is 4.39. The number of benzene rings is 2. The number of aromatic nitrogens is 2. The summed E-state index contributed by atoms with van der Waals surface area (Å²) in [5.41, 5.74) is 5.51. The molecule has 8 heteroatoms. The Hall–Kier alpha value is -3.10. The number of nitrogens with one attached hydrogen (secondary N) is 2. The molecular weight excluding hydrogens is 464 g/mol. The van der Waals surface area contributed by atoms with E-state index in [1.807, 2.05) is 44.2 Å². The van der Waals surface area contributed by atoms with Crippen molar-refractivity contribution < 1.29 is 9.21 Å². The van der Waals surface area contributed by atoms with Crippen LogP contribution >= 0.6 is 28.1 Å². The van der Waals surface area contributed by atoms with Gasteiger partial charge in [-0.2, -0.15) is 0 Å². The highest BCUT2D eigenvalue weighted by molar-refractivity contribution is 9.10. The van der Waals surface area contributed by atoms with Crippen molar-refractivity contribution in [2.24, 2.45) is 0 Å². The number of amides is 1. The third-order valence-corrected chi connectivity index (χ3v) is 5.23. The summed E-state index contributed by atoms with van der Waals surface area (Å²) in [4.78, 5) is 21.1. The molecule has 0 spiro atoms. The first kappa shape index (κ1) is 20.2. The van der Waals surface area contributed by atoms with Crippen molar-refractivity contribution in [3.05, 3.63) is 76.0 Å². The van der Waals surface area contributed by atoms with Gasteiger partial charge in [-0.05, 0) is 89.5 Å². The van der Waals surface area contributed by atoms with Crippen molar-refractivity contribution in [2.45, 2.75) is 13.8 Å². The van der Waals surface area contributed by atoms with Crippen molar-refractivity contribution in [1.82, 2.24) is 15.3 Å². The first-order valence-electron chi connectivity index (χ1n) is 9.10. The number of halogens is 1. The Bertz CT molecular complexity index is 1290. The van der Waals surface area contributed by atoms with Gasteiger partial charge in [0.05, 0.1) is 5.56 Å². The van der Waals surface area contributed by atoms with Gasteiger partial charge in [-0.15, -0.1) is 0 Å². The fraction of sp³-hybridized carbons (Fsp3) is 0.0909. The number of oxazole rings is 1. The van der Waals surface area contributed by atoms with Crippen LogP contribution in [0.2, 0.25) is 0 Å². The van der Waals surface area contributed by atoms with Crippen LogP contribution in [0.4, 0.5) is 5.69 Å². The Kier molecular flexibility index (Phi) is 5.61. The van der Waals surface area contributed by atoms with Gasteiger partial charge in [-0.1, -0.05) is 6.07 Å². The van der Waals surface area contributed by atoms with Crippen LogP contribution in [0.5, 0.6) is 0 Å². The van der Waals surface area contributed by atoms with Gasteiger partial charge in [0, 0.05) is 28.1 Å². The molecule has 0 saturated carbocycles. The maximum Gasteiger partial charge on any atom is 0.257 e. The molecule has 0 unspecified atom stereocenters. The van der Waals surface area contributed by atoms with Gasteiger partial charge in [0.1, 0.15) is 5.52 Å². The molecule has 0 aliphatic heterocycles. The predicted octanol–water partition coefficient (Wildman–Crippen LogP) is 5.40. The topological polar surface area (TPSA) is 80.0 Å². The van der Waals surface area contributed by atoms with E-state index in [9.17, 15) is 4.79 Å². The monoisotopic (exact) mass is 480 g/mol. The molecule has 4 aromatic rings. The van der Waals surface area contributed by atoms with E-state index in [0.29, 0.717) is 28.2 Å². The molecule has 2 aromatic heterocycles. The average Bonchev–Trinajstić information content (AvgIpc) is 3.13. The van der Waals surface area contributed by atoms with Crippen LogP contribution in [0.3, 0.4) is 0 Å². The highest BCUT2D eigenvalue weighted by atomic mass is 79.9. The van der Waals surface area contributed by atoms with E-state index in [2.05, 4.69) is 36.5 Å². The highest BCUT2D eigenvalue weighted by Crippen LogP contribution is 2.27. The van der Waals surface area contributed by atoms with Crippen LogP contribution in [0.1, 0.15) is 21.5 Å². The maximum absolute atomic E-state index is 12.4. The molecule has 150 valence electrons. The number of hydrogen-bond acceptors (Lipinski definition) is 5. The standard InChI is InChI=1S/C22H17BrN4O2S/c1-12-3-4-14(7-13(12)2)20(28)27-22(30)25-17-5-6-19-18(9-17)26-21(29-19)15-8-16(23)11-24-10-15/h3-11H,1-2H3,(H2,25,27,28,30). The fourth-order valence-corrected chi connectivity index (χ4v) is 3.45. The molecule has 0 radical (unpaired) electrons. The van der Waals surface area contributed by atoms with E-state index in [0.717, 1.165) is 21.2 Å². The molecular formula is C22H17BrN4O2S. The molecule has 4 rings (SSSR count). The van der Waals surface area contributed by atoms with Gasteiger partial charge in [-0.3, -0.25) is 15.1 Å². The van der Waals surface area contributed by atoms with Crippen LogP contribution in [0.25, 0.3) is 22.6 Å². The quantitative estimate of drug-likeness (QED) is 0.382. The van der Waals surface area contributed by atoms with Gasteiger partial charge in [0.2, 0.25) is 5.89 Å². The zero-order valence-corrected chi connectivity index (χ0v) is 18.6. The number of anilines is 1. The number of aryl methyl sites for hydroxylation is 2. The molecule has 0 bridgehead atoms. The van der Waals surface area contributed by atoms with Crippen LogP contribution in [-0.4, -0.2) is 21.0 Å². The molecule has 0 aliphatic rings. The molecule has 2 N–H and O–H groups in total. The zero-order valence-electron chi connectivity index (χ0n) is 16.2. The number of nitrogens with zero attached hydrogens (tertiary/aromatic N) is 2. The molecule has 0 saturated heterocycles. The Morgan fingerprint density at radius 3 is 2.67 bits per heavy atom. The lowest BCUT2D eigenvalue weighted by atomic mass is 10.1. The number of fused-ring (bicyclic) bond motifs is 1. The second-order valence-electron chi connectivity index (χ2n) is 6.80. The van der Waals surface area contributed by atoms with E-state index in [1.165, 1.54) is 0 Å². The highest BCUT2D eigenvalue weighted by Gasteiger charge is 2.12. The van der Waals surface area contributed by atoms with Gasteiger partial charge < -0.3 is 9.73 Å². The zero-order chi connectivity index (χ0) is 21.3. The number of thiocarbonyl (C=S) groups is 1. The molecule has 6 nitrogen and oxygen atoms in total. The van der Waals surface area contributed by atoms with E-state index >= 15 is 0 Å².